The van der Waals surface area contributed by atoms with Gasteiger partial charge in [0.25, 0.3) is 5.91 Å². The van der Waals surface area contributed by atoms with Crippen molar-refractivity contribution in [2.75, 3.05) is 7.11 Å². The molecule has 1 aromatic carbocycles. The van der Waals surface area contributed by atoms with Gasteiger partial charge in [0.05, 0.1) is 12.7 Å². The molecule has 116 valence electrons. The Bertz CT molecular complexity index is 483. The highest BCUT2D eigenvalue weighted by molar-refractivity contribution is 5.83. The predicted octanol–water partition coefficient (Wildman–Crippen LogP) is 2.58. The minimum Gasteiger partial charge on any atom is -0.497 e. The predicted molar refractivity (Wildman–Crippen MR) is 81.0 cm³/mol. The van der Waals surface area contributed by atoms with Crippen LogP contribution in [0.4, 0.5) is 0 Å². The lowest BCUT2D eigenvalue weighted by molar-refractivity contribution is -0.128. The van der Waals surface area contributed by atoms with Crippen LogP contribution in [0.25, 0.3) is 0 Å². The maximum absolute atomic E-state index is 12.0. The molecule has 0 heterocycles. The standard InChI is InChI=1S/C16H23NO4/c1-5-13(6-2)17-16(19)11(3)21-15-8-7-14(20-4)9-12(15)10-18/h7-11,13H,5-6H2,1-4H3,(H,17,19). The first-order valence-corrected chi connectivity index (χ1v) is 7.15. The van der Waals surface area contributed by atoms with Gasteiger partial charge in [-0.15, -0.1) is 0 Å². The van der Waals surface area contributed by atoms with Gasteiger partial charge < -0.3 is 14.8 Å². The number of rotatable bonds is 8. The number of amides is 1. The number of nitrogens with one attached hydrogen (secondary N) is 1. The molecule has 0 spiro atoms. The minimum absolute atomic E-state index is 0.143. The van der Waals surface area contributed by atoms with E-state index in [0.29, 0.717) is 23.3 Å². The molecule has 1 aromatic rings. The van der Waals surface area contributed by atoms with E-state index >= 15 is 0 Å². The van der Waals surface area contributed by atoms with E-state index in [9.17, 15) is 9.59 Å². The lowest BCUT2D eigenvalue weighted by Gasteiger charge is -2.20. The van der Waals surface area contributed by atoms with Gasteiger partial charge in [-0.3, -0.25) is 9.59 Å². The van der Waals surface area contributed by atoms with E-state index in [1.165, 1.54) is 7.11 Å². The van der Waals surface area contributed by atoms with E-state index in [4.69, 9.17) is 9.47 Å². The zero-order chi connectivity index (χ0) is 15.8. The van der Waals surface area contributed by atoms with Crippen LogP contribution < -0.4 is 14.8 Å². The van der Waals surface area contributed by atoms with E-state index in [1.54, 1.807) is 25.1 Å². The molecule has 0 aliphatic rings. The molecule has 0 saturated carbocycles. The van der Waals surface area contributed by atoms with E-state index in [0.717, 1.165) is 12.8 Å². The molecular formula is C16H23NO4. The Labute approximate surface area is 125 Å². The highest BCUT2D eigenvalue weighted by Crippen LogP contribution is 2.23. The number of benzene rings is 1. The summed E-state index contributed by atoms with van der Waals surface area (Å²) in [6, 6.07) is 5.04. The number of hydrogen-bond acceptors (Lipinski definition) is 4. The Morgan fingerprint density at radius 2 is 2.00 bits per heavy atom. The maximum atomic E-state index is 12.0. The van der Waals surface area contributed by atoms with E-state index in [-0.39, 0.29) is 11.9 Å². The summed E-state index contributed by atoms with van der Waals surface area (Å²) in [4.78, 5) is 23.1. The van der Waals surface area contributed by atoms with Gasteiger partial charge in [-0.1, -0.05) is 13.8 Å². The molecule has 1 rings (SSSR count). The highest BCUT2D eigenvalue weighted by Gasteiger charge is 2.18. The Morgan fingerprint density at radius 1 is 1.33 bits per heavy atom. The molecule has 1 N–H and O–H groups in total. The molecule has 0 aromatic heterocycles. The van der Waals surface area contributed by atoms with Crippen LogP contribution in [-0.2, 0) is 4.79 Å². The second-order valence-corrected chi connectivity index (χ2v) is 4.80. The molecule has 0 bridgehead atoms. The fourth-order valence-corrected chi connectivity index (χ4v) is 1.91. The van der Waals surface area contributed by atoms with E-state index in [1.807, 2.05) is 13.8 Å². The van der Waals surface area contributed by atoms with Crippen LogP contribution >= 0.6 is 0 Å². The normalized spacial score (nSPS) is 11.9. The third-order valence-electron chi connectivity index (χ3n) is 3.35. The second kappa shape index (κ2) is 8.29. The first-order chi connectivity index (χ1) is 10.0. The summed E-state index contributed by atoms with van der Waals surface area (Å²) in [5.74, 6) is 0.757. The van der Waals surface area contributed by atoms with Gasteiger partial charge in [0.2, 0.25) is 0 Å². The lowest BCUT2D eigenvalue weighted by atomic mass is 10.1. The molecule has 0 fully saturated rings. The van der Waals surface area contributed by atoms with E-state index < -0.39 is 6.10 Å². The van der Waals surface area contributed by atoms with Gasteiger partial charge >= 0.3 is 0 Å². The Kier molecular flexibility index (Phi) is 6.72. The number of ether oxygens (including phenoxy) is 2. The van der Waals surface area contributed by atoms with Gasteiger partial charge in [0.1, 0.15) is 11.5 Å². The van der Waals surface area contributed by atoms with Crippen LogP contribution in [0.15, 0.2) is 18.2 Å². The van der Waals surface area contributed by atoms with Crippen molar-refractivity contribution < 1.29 is 19.1 Å². The summed E-state index contributed by atoms with van der Waals surface area (Å²) in [6.45, 7) is 5.71. The van der Waals surface area contributed by atoms with Crippen LogP contribution in [0.5, 0.6) is 11.5 Å². The van der Waals surface area contributed by atoms with Crippen molar-refractivity contribution in [1.29, 1.82) is 0 Å². The van der Waals surface area contributed by atoms with Crippen molar-refractivity contribution >= 4 is 12.2 Å². The second-order valence-electron chi connectivity index (χ2n) is 4.80. The number of carbonyl (C=O) groups is 2. The molecular weight excluding hydrogens is 270 g/mol. The summed E-state index contributed by atoms with van der Waals surface area (Å²) in [5.41, 5.74) is 0.358. The Balaban J connectivity index is 2.76. The molecule has 5 nitrogen and oxygen atoms in total. The van der Waals surface area contributed by atoms with Crippen LogP contribution in [0.2, 0.25) is 0 Å². The van der Waals surface area contributed by atoms with Crippen molar-refractivity contribution in [3.05, 3.63) is 23.8 Å². The topological polar surface area (TPSA) is 64.6 Å². The van der Waals surface area contributed by atoms with Gasteiger partial charge in [0.15, 0.2) is 12.4 Å². The summed E-state index contributed by atoms with van der Waals surface area (Å²) in [6.07, 6.45) is 1.76. The van der Waals surface area contributed by atoms with Crippen molar-refractivity contribution in [3.63, 3.8) is 0 Å². The summed E-state index contributed by atoms with van der Waals surface area (Å²) in [5, 5.41) is 2.92. The highest BCUT2D eigenvalue weighted by atomic mass is 16.5. The third-order valence-corrected chi connectivity index (χ3v) is 3.35. The summed E-state index contributed by atoms with van der Waals surface area (Å²) >= 11 is 0. The Morgan fingerprint density at radius 3 is 2.52 bits per heavy atom. The maximum Gasteiger partial charge on any atom is 0.260 e. The molecule has 1 unspecified atom stereocenters. The molecule has 0 saturated heterocycles. The number of methoxy groups -OCH3 is 1. The fourth-order valence-electron chi connectivity index (χ4n) is 1.91. The van der Waals surface area contributed by atoms with Gasteiger partial charge in [-0.2, -0.15) is 0 Å². The van der Waals surface area contributed by atoms with Crippen LogP contribution in [0, 0.1) is 0 Å². The zero-order valence-corrected chi connectivity index (χ0v) is 13.0. The molecule has 1 atom stereocenters. The Hall–Kier alpha value is -2.04. The van der Waals surface area contributed by atoms with Crippen LogP contribution in [0.3, 0.4) is 0 Å². The number of aldehydes is 1. The largest absolute Gasteiger partial charge is 0.497 e. The first kappa shape index (κ1) is 17.0. The molecule has 0 aliphatic carbocycles. The number of carbonyl (C=O) groups excluding carboxylic acids is 2. The van der Waals surface area contributed by atoms with Gasteiger partial charge in [-0.05, 0) is 38.0 Å². The zero-order valence-electron chi connectivity index (χ0n) is 13.0. The molecule has 21 heavy (non-hydrogen) atoms. The van der Waals surface area contributed by atoms with Crippen LogP contribution in [0.1, 0.15) is 44.0 Å². The van der Waals surface area contributed by atoms with Crippen molar-refractivity contribution in [2.24, 2.45) is 0 Å². The average molecular weight is 293 g/mol. The van der Waals surface area contributed by atoms with Gasteiger partial charge in [-0.25, -0.2) is 0 Å². The summed E-state index contributed by atoms with van der Waals surface area (Å²) in [7, 11) is 1.52. The van der Waals surface area contributed by atoms with E-state index in [2.05, 4.69) is 5.32 Å². The molecule has 0 radical (unpaired) electrons. The van der Waals surface area contributed by atoms with Crippen LogP contribution in [-0.4, -0.2) is 31.4 Å². The average Bonchev–Trinajstić information content (AvgIpc) is 2.52. The number of hydrogen-bond donors (Lipinski definition) is 1. The quantitative estimate of drug-likeness (QED) is 0.748. The SMILES string of the molecule is CCC(CC)NC(=O)C(C)Oc1ccc(OC)cc1C=O. The lowest BCUT2D eigenvalue weighted by Crippen LogP contribution is -2.42. The fraction of sp³-hybridized carbons (Fsp3) is 0.500. The smallest absolute Gasteiger partial charge is 0.260 e. The van der Waals surface area contributed by atoms with Gasteiger partial charge in [0, 0.05) is 6.04 Å². The van der Waals surface area contributed by atoms with Crippen molar-refractivity contribution in [2.45, 2.75) is 45.8 Å². The van der Waals surface area contributed by atoms with Crippen molar-refractivity contribution in [3.8, 4) is 11.5 Å². The summed E-state index contributed by atoms with van der Waals surface area (Å²) < 4.78 is 10.6. The van der Waals surface area contributed by atoms with Crippen molar-refractivity contribution in [1.82, 2.24) is 5.32 Å². The molecule has 0 aliphatic heterocycles. The molecule has 5 heteroatoms. The molecule has 1 amide bonds. The first-order valence-electron chi connectivity index (χ1n) is 7.15. The monoisotopic (exact) mass is 293 g/mol. The minimum atomic E-state index is -0.669. The third kappa shape index (κ3) is 4.77.